The fourth-order valence-electron chi connectivity index (χ4n) is 1.28. The lowest BCUT2D eigenvalue weighted by atomic mass is 10.2. The Labute approximate surface area is 101 Å². The molecule has 4 heteroatoms. The maximum Gasteiger partial charge on any atom is 0.216 e. The smallest absolute Gasteiger partial charge is 0.216 e. The molecule has 2 rings (SSSR count). The van der Waals surface area contributed by atoms with E-state index < -0.39 is 0 Å². The number of hydrogen-bond acceptors (Lipinski definition) is 2. The molecular weight excluding hydrogens is 312 g/mol. The van der Waals surface area contributed by atoms with Crippen LogP contribution in [0.1, 0.15) is 5.56 Å². The Bertz CT molecular complexity index is 367. The molecule has 1 unspecified atom stereocenters. The van der Waals surface area contributed by atoms with Crippen molar-refractivity contribution in [3.05, 3.63) is 34.9 Å². The van der Waals surface area contributed by atoms with Crippen LogP contribution in [-0.4, -0.2) is 23.0 Å². The van der Waals surface area contributed by atoms with Crippen LogP contribution in [0.2, 0.25) is 5.02 Å². The standard InChI is InChI=1S/C10H9ClINO/c11-8-3-1-2-7(4-8)10-13-6-9(5-12)14-10/h1-4,9H,5-6H2. The van der Waals surface area contributed by atoms with Crippen molar-refractivity contribution in [2.24, 2.45) is 4.99 Å². The molecule has 0 N–H and O–H groups in total. The molecule has 1 heterocycles. The van der Waals surface area contributed by atoms with Crippen molar-refractivity contribution in [2.75, 3.05) is 11.0 Å². The summed E-state index contributed by atoms with van der Waals surface area (Å²) in [6.07, 6.45) is 0.226. The van der Waals surface area contributed by atoms with Crippen LogP contribution in [0.25, 0.3) is 0 Å². The number of ether oxygens (including phenoxy) is 1. The molecule has 74 valence electrons. The van der Waals surface area contributed by atoms with Gasteiger partial charge in [-0.3, -0.25) is 0 Å². The lowest BCUT2D eigenvalue weighted by Gasteiger charge is -2.07. The summed E-state index contributed by atoms with van der Waals surface area (Å²) in [5.74, 6) is 0.717. The molecule has 1 aromatic carbocycles. The van der Waals surface area contributed by atoms with Gasteiger partial charge in [0.05, 0.1) is 6.54 Å². The fraction of sp³-hybridized carbons (Fsp3) is 0.300. The van der Waals surface area contributed by atoms with E-state index in [9.17, 15) is 0 Å². The molecule has 1 aliphatic rings. The van der Waals surface area contributed by atoms with Crippen LogP contribution < -0.4 is 0 Å². The summed E-state index contributed by atoms with van der Waals surface area (Å²) >= 11 is 8.18. The SMILES string of the molecule is Clc1cccc(C2=NCC(CI)O2)c1. The first-order valence-electron chi connectivity index (χ1n) is 4.32. The highest BCUT2D eigenvalue weighted by Crippen LogP contribution is 2.17. The van der Waals surface area contributed by atoms with Crippen molar-refractivity contribution in [1.29, 1.82) is 0 Å². The van der Waals surface area contributed by atoms with Crippen LogP contribution in [0, 0.1) is 0 Å². The summed E-state index contributed by atoms with van der Waals surface area (Å²) < 4.78 is 6.60. The van der Waals surface area contributed by atoms with E-state index in [-0.39, 0.29) is 6.10 Å². The number of aliphatic imine (C=N–C) groups is 1. The Morgan fingerprint density at radius 2 is 2.43 bits per heavy atom. The van der Waals surface area contributed by atoms with Crippen molar-refractivity contribution >= 4 is 40.1 Å². The number of benzene rings is 1. The average Bonchev–Trinajstić information content (AvgIpc) is 2.66. The molecular formula is C10H9ClINO. The topological polar surface area (TPSA) is 21.6 Å². The normalized spacial score (nSPS) is 20.4. The second kappa shape index (κ2) is 4.49. The highest BCUT2D eigenvalue weighted by atomic mass is 127. The molecule has 0 spiro atoms. The number of nitrogens with zero attached hydrogens (tertiary/aromatic N) is 1. The molecule has 0 amide bonds. The quantitative estimate of drug-likeness (QED) is 0.606. The fourth-order valence-corrected chi connectivity index (χ4v) is 1.93. The molecule has 0 aromatic heterocycles. The van der Waals surface area contributed by atoms with Gasteiger partial charge in [-0.05, 0) is 18.2 Å². The number of halogens is 2. The molecule has 0 saturated heterocycles. The van der Waals surface area contributed by atoms with Gasteiger partial charge in [-0.2, -0.15) is 0 Å². The summed E-state index contributed by atoms with van der Waals surface area (Å²) in [5, 5.41) is 0.715. The molecule has 1 aromatic rings. The molecule has 0 radical (unpaired) electrons. The molecule has 0 saturated carbocycles. The van der Waals surface area contributed by atoms with Gasteiger partial charge in [0.1, 0.15) is 6.10 Å². The van der Waals surface area contributed by atoms with Crippen molar-refractivity contribution in [3.63, 3.8) is 0 Å². The van der Waals surface area contributed by atoms with Gasteiger partial charge in [-0.25, -0.2) is 4.99 Å². The molecule has 1 aliphatic heterocycles. The summed E-state index contributed by atoms with van der Waals surface area (Å²) in [6, 6.07) is 7.58. The number of alkyl halides is 1. The predicted molar refractivity (Wildman–Crippen MR) is 66.6 cm³/mol. The first kappa shape index (κ1) is 10.2. The van der Waals surface area contributed by atoms with E-state index in [4.69, 9.17) is 16.3 Å². The molecule has 0 fully saturated rings. The summed E-state index contributed by atoms with van der Waals surface area (Å²) in [5.41, 5.74) is 0.963. The highest BCUT2D eigenvalue weighted by molar-refractivity contribution is 14.1. The van der Waals surface area contributed by atoms with Gasteiger partial charge in [-0.1, -0.05) is 40.3 Å². The molecule has 14 heavy (non-hydrogen) atoms. The molecule has 1 atom stereocenters. The summed E-state index contributed by atoms with van der Waals surface area (Å²) in [6.45, 7) is 0.755. The van der Waals surface area contributed by atoms with E-state index in [2.05, 4.69) is 27.6 Å². The Kier molecular flexibility index (Phi) is 3.28. The van der Waals surface area contributed by atoms with Gasteiger partial charge >= 0.3 is 0 Å². The van der Waals surface area contributed by atoms with Crippen molar-refractivity contribution in [1.82, 2.24) is 0 Å². The first-order chi connectivity index (χ1) is 6.79. The van der Waals surface area contributed by atoms with Crippen LogP contribution >= 0.6 is 34.2 Å². The second-order valence-electron chi connectivity index (χ2n) is 3.05. The van der Waals surface area contributed by atoms with Crippen LogP contribution in [0.4, 0.5) is 0 Å². The Balaban J connectivity index is 2.17. The van der Waals surface area contributed by atoms with Gasteiger partial charge in [0.2, 0.25) is 5.90 Å². The third-order valence-electron chi connectivity index (χ3n) is 1.96. The van der Waals surface area contributed by atoms with Gasteiger partial charge in [0.25, 0.3) is 0 Å². The Hall–Kier alpha value is -0.290. The zero-order valence-corrected chi connectivity index (χ0v) is 10.3. The second-order valence-corrected chi connectivity index (χ2v) is 4.37. The van der Waals surface area contributed by atoms with Crippen molar-refractivity contribution in [3.8, 4) is 0 Å². The summed E-state index contributed by atoms with van der Waals surface area (Å²) in [7, 11) is 0. The Morgan fingerprint density at radius 1 is 1.57 bits per heavy atom. The van der Waals surface area contributed by atoms with Gasteiger partial charge in [0.15, 0.2) is 0 Å². The minimum atomic E-state index is 0.226. The monoisotopic (exact) mass is 321 g/mol. The number of rotatable bonds is 2. The van der Waals surface area contributed by atoms with E-state index in [1.165, 1.54) is 0 Å². The van der Waals surface area contributed by atoms with E-state index in [0.29, 0.717) is 10.9 Å². The van der Waals surface area contributed by atoms with Crippen molar-refractivity contribution in [2.45, 2.75) is 6.10 Å². The third kappa shape index (κ3) is 2.20. The molecule has 0 aliphatic carbocycles. The van der Waals surface area contributed by atoms with Gasteiger partial charge in [-0.15, -0.1) is 0 Å². The zero-order chi connectivity index (χ0) is 9.97. The predicted octanol–water partition coefficient (Wildman–Crippen LogP) is 2.92. The van der Waals surface area contributed by atoms with Gasteiger partial charge in [0, 0.05) is 15.0 Å². The van der Waals surface area contributed by atoms with E-state index in [1.807, 2.05) is 24.3 Å². The first-order valence-corrected chi connectivity index (χ1v) is 6.23. The minimum Gasteiger partial charge on any atom is -0.471 e. The van der Waals surface area contributed by atoms with Crippen LogP contribution in [0.3, 0.4) is 0 Å². The maximum atomic E-state index is 5.88. The Morgan fingerprint density at radius 3 is 3.07 bits per heavy atom. The zero-order valence-electron chi connectivity index (χ0n) is 7.41. The number of hydrogen-bond donors (Lipinski definition) is 0. The van der Waals surface area contributed by atoms with Gasteiger partial charge < -0.3 is 4.74 Å². The largest absolute Gasteiger partial charge is 0.471 e. The van der Waals surface area contributed by atoms with Crippen LogP contribution in [-0.2, 0) is 4.74 Å². The lowest BCUT2D eigenvalue weighted by Crippen LogP contribution is -2.14. The maximum absolute atomic E-state index is 5.88. The van der Waals surface area contributed by atoms with E-state index in [1.54, 1.807) is 0 Å². The molecule has 0 bridgehead atoms. The van der Waals surface area contributed by atoms with Crippen molar-refractivity contribution < 1.29 is 4.74 Å². The lowest BCUT2D eigenvalue weighted by molar-refractivity contribution is 0.254. The average molecular weight is 322 g/mol. The minimum absolute atomic E-state index is 0.226. The molecule has 2 nitrogen and oxygen atoms in total. The summed E-state index contributed by atoms with van der Waals surface area (Å²) in [4.78, 5) is 4.33. The van der Waals surface area contributed by atoms with E-state index >= 15 is 0 Å². The van der Waals surface area contributed by atoms with E-state index in [0.717, 1.165) is 16.5 Å². The third-order valence-corrected chi connectivity index (χ3v) is 3.18. The van der Waals surface area contributed by atoms with Crippen LogP contribution in [0.15, 0.2) is 29.3 Å². The van der Waals surface area contributed by atoms with Crippen LogP contribution in [0.5, 0.6) is 0 Å². The highest BCUT2D eigenvalue weighted by Gasteiger charge is 2.19.